The Balaban J connectivity index is 0.000000583. The molecule has 0 unspecified atom stereocenters. The van der Waals surface area contributed by atoms with E-state index in [1.165, 1.54) is 4.91 Å². The largest absolute Gasteiger partial charge is 0.394 e. The maximum Gasteiger partial charge on any atom is 0.184 e. The van der Waals surface area contributed by atoms with Crippen LogP contribution in [0.25, 0.3) is 16.0 Å². The number of hydrogen-bond donors (Lipinski definition) is 5. The Kier molecular flexibility index (Phi) is 6.13. The van der Waals surface area contributed by atoms with Crippen molar-refractivity contribution in [2.45, 2.75) is 30.7 Å². The molecular formula is C6H12N3O6-. The average Bonchev–Trinajstić information content (AvgIpc) is 2.21. The lowest BCUT2D eigenvalue weighted by Crippen LogP contribution is -2.58. The molecule has 9 heteroatoms. The lowest BCUT2D eigenvalue weighted by atomic mass is 10.00. The Bertz CT molecular complexity index is 216. The first-order valence-electron chi connectivity index (χ1n) is 3.96. The van der Waals surface area contributed by atoms with Crippen LogP contribution in [0.4, 0.5) is 0 Å². The van der Waals surface area contributed by atoms with Gasteiger partial charge in [0.05, 0.1) is 6.61 Å². The summed E-state index contributed by atoms with van der Waals surface area (Å²) in [6, 6.07) is 0. The summed E-state index contributed by atoms with van der Waals surface area (Å²) in [6.45, 7) is -0.526. The van der Waals surface area contributed by atoms with Crippen LogP contribution in [0.3, 0.4) is 0 Å². The summed E-state index contributed by atoms with van der Waals surface area (Å²) in [5, 5.41) is 44.7. The fourth-order valence-corrected chi connectivity index (χ4v) is 1.08. The van der Waals surface area contributed by atoms with Gasteiger partial charge >= 0.3 is 0 Å². The molecule has 1 rings (SSSR count). The van der Waals surface area contributed by atoms with Crippen LogP contribution in [0.2, 0.25) is 0 Å². The number of hydrogen-bond acceptors (Lipinski definition) is 6. The van der Waals surface area contributed by atoms with Crippen molar-refractivity contribution >= 4 is 0 Å². The SMILES string of the molecule is OC[C@H]1O[C@H](O)[C@H](O)[C@@H](O)[C@@H]1O.[N-]=[N+]=[N-]. The molecule has 1 aliphatic rings. The predicted molar refractivity (Wildman–Crippen MR) is 46.1 cm³/mol. The zero-order chi connectivity index (χ0) is 12.0. The third kappa shape index (κ3) is 3.61. The molecule has 1 heterocycles. The van der Waals surface area contributed by atoms with Crippen molar-refractivity contribution in [3.05, 3.63) is 16.0 Å². The van der Waals surface area contributed by atoms with E-state index in [0.717, 1.165) is 0 Å². The first kappa shape index (κ1) is 14.1. The van der Waals surface area contributed by atoms with Crippen molar-refractivity contribution in [2.75, 3.05) is 6.61 Å². The summed E-state index contributed by atoms with van der Waals surface area (Å²) in [6.07, 6.45) is -7.04. The van der Waals surface area contributed by atoms with E-state index in [-0.39, 0.29) is 0 Å². The van der Waals surface area contributed by atoms with Gasteiger partial charge in [0.15, 0.2) is 6.29 Å². The van der Waals surface area contributed by atoms with Crippen LogP contribution in [0.15, 0.2) is 0 Å². The Morgan fingerprint density at radius 1 is 1.00 bits per heavy atom. The van der Waals surface area contributed by atoms with E-state index in [4.69, 9.17) is 36.6 Å². The van der Waals surface area contributed by atoms with Gasteiger partial charge in [0.1, 0.15) is 24.4 Å². The maximum absolute atomic E-state index is 9.12. The van der Waals surface area contributed by atoms with Crippen LogP contribution < -0.4 is 0 Å². The van der Waals surface area contributed by atoms with Crippen molar-refractivity contribution in [1.29, 1.82) is 0 Å². The number of rotatable bonds is 1. The normalized spacial score (nSPS) is 39.9. The second-order valence-corrected chi connectivity index (χ2v) is 2.81. The maximum atomic E-state index is 9.12. The van der Waals surface area contributed by atoms with Gasteiger partial charge in [0.2, 0.25) is 0 Å². The summed E-state index contributed by atoms with van der Waals surface area (Å²) in [7, 11) is 0. The highest BCUT2D eigenvalue weighted by atomic mass is 16.6. The highest BCUT2D eigenvalue weighted by Gasteiger charge is 2.42. The third-order valence-electron chi connectivity index (χ3n) is 1.87. The second kappa shape index (κ2) is 6.53. The van der Waals surface area contributed by atoms with Gasteiger partial charge in [-0.25, -0.2) is 0 Å². The third-order valence-corrected chi connectivity index (χ3v) is 1.87. The Morgan fingerprint density at radius 2 is 1.47 bits per heavy atom. The second-order valence-electron chi connectivity index (χ2n) is 2.81. The highest BCUT2D eigenvalue weighted by Crippen LogP contribution is 2.18. The van der Waals surface area contributed by atoms with Crippen molar-refractivity contribution in [3.63, 3.8) is 0 Å². The predicted octanol–water partition coefficient (Wildman–Crippen LogP) is -2.36. The molecule has 5 atom stereocenters. The summed E-state index contributed by atoms with van der Waals surface area (Å²) in [5.41, 5.74) is 13.5. The lowest BCUT2D eigenvalue weighted by Gasteiger charge is -2.37. The smallest absolute Gasteiger partial charge is 0.184 e. The summed E-state index contributed by atoms with van der Waals surface area (Å²) >= 11 is 0. The van der Waals surface area contributed by atoms with Crippen LogP contribution >= 0.6 is 0 Å². The van der Waals surface area contributed by atoms with Crippen LogP contribution in [0.5, 0.6) is 0 Å². The fourth-order valence-electron chi connectivity index (χ4n) is 1.08. The molecule has 1 saturated heterocycles. The molecule has 0 aromatic rings. The van der Waals surface area contributed by atoms with Gasteiger partial charge < -0.3 is 41.3 Å². The van der Waals surface area contributed by atoms with Crippen molar-refractivity contribution in [1.82, 2.24) is 0 Å². The summed E-state index contributed by atoms with van der Waals surface area (Å²) in [5.74, 6) is 0. The standard InChI is InChI=1S/C6H12O6.N3/c7-1-2-3(8)4(9)5(10)6(11)12-2;1-3-2/h2-11H,1H2;/q;-1/t2-,3-,4+,5-,6+;/m1./s1. The van der Waals surface area contributed by atoms with Crippen LogP contribution in [-0.2, 0) is 4.74 Å². The Labute approximate surface area is 84.6 Å². The van der Waals surface area contributed by atoms with E-state index in [2.05, 4.69) is 4.74 Å². The molecule has 0 aromatic carbocycles. The molecule has 0 saturated carbocycles. The lowest BCUT2D eigenvalue weighted by molar-refractivity contribution is -0.286. The molecule has 0 bridgehead atoms. The van der Waals surface area contributed by atoms with E-state index in [1.807, 2.05) is 0 Å². The van der Waals surface area contributed by atoms with Gasteiger partial charge in [0.25, 0.3) is 0 Å². The zero-order valence-electron chi connectivity index (χ0n) is 7.58. The van der Waals surface area contributed by atoms with E-state index in [0.29, 0.717) is 0 Å². The topological polar surface area (TPSA) is 169 Å². The fraction of sp³-hybridized carbons (Fsp3) is 1.00. The first-order valence-corrected chi connectivity index (χ1v) is 3.96. The molecule has 15 heavy (non-hydrogen) atoms. The molecule has 1 aliphatic heterocycles. The summed E-state index contributed by atoms with van der Waals surface area (Å²) in [4.78, 5) is 1.50. The minimum Gasteiger partial charge on any atom is -0.394 e. The van der Waals surface area contributed by atoms with Gasteiger partial charge in [-0.2, -0.15) is 0 Å². The van der Waals surface area contributed by atoms with Crippen LogP contribution in [-0.4, -0.2) is 62.8 Å². The molecule has 0 aliphatic carbocycles. The van der Waals surface area contributed by atoms with Crippen LogP contribution in [0, 0.1) is 0 Å². The summed E-state index contributed by atoms with van der Waals surface area (Å²) < 4.78 is 4.58. The number of aliphatic hydroxyl groups excluding tert-OH is 5. The average molecular weight is 222 g/mol. The quantitative estimate of drug-likeness (QED) is 0.189. The van der Waals surface area contributed by atoms with Gasteiger partial charge in [-0.3, -0.25) is 4.91 Å². The molecule has 0 amide bonds. The van der Waals surface area contributed by atoms with Gasteiger partial charge in [0, 0.05) is 0 Å². The molecule has 9 nitrogen and oxygen atoms in total. The van der Waals surface area contributed by atoms with Gasteiger partial charge in [-0.1, -0.05) is 0 Å². The highest BCUT2D eigenvalue weighted by molar-refractivity contribution is 4.87. The van der Waals surface area contributed by atoms with Crippen molar-refractivity contribution < 1.29 is 30.3 Å². The van der Waals surface area contributed by atoms with Crippen molar-refractivity contribution in [2.24, 2.45) is 0 Å². The molecule has 5 N–H and O–H groups in total. The minimum atomic E-state index is -1.57. The Hall–Kier alpha value is -0.930. The first-order chi connectivity index (χ1) is 6.99. The number of nitrogens with zero attached hydrogens (tertiary/aromatic N) is 3. The molecule has 0 spiro atoms. The number of aliphatic hydroxyl groups is 5. The minimum absolute atomic E-state index is 0.526. The molecule has 0 aromatic heterocycles. The van der Waals surface area contributed by atoms with E-state index in [9.17, 15) is 0 Å². The molecular weight excluding hydrogens is 210 g/mol. The van der Waals surface area contributed by atoms with Gasteiger partial charge in [-0.15, -0.1) is 0 Å². The van der Waals surface area contributed by atoms with E-state index >= 15 is 0 Å². The van der Waals surface area contributed by atoms with E-state index in [1.54, 1.807) is 0 Å². The molecule has 0 radical (unpaired) electrons. The van der Waals surface area contributed by atoms with Crippen LogP contribution in [0.1, 0.15) is 0 Å². The molecule has 88 valence electrons. The zero-order valence-corrected chi connectivity index (χ0v) is 7.58. The Morgan fingerprint density at radius 3 is 1.87 bits per heavy atom. The van der Waals surface area contributed by atoms with Gasteiger partial charge in [-0.05, 0) is 0 Å². The van der Waals surface area contributed by atoms with E-state index < -0.39 is 37.3 Å². The number of ether oxygens (including phenoxy) is 1. The van der Waals surface area contributed by atoms with Crippen molar-refractivity contribution in [3.8, 4) is 0 Å². The molecule has 1 fully saturated rings. The monoisotopic (exact) mass is 222 g/mol.